The van der Waals surface area contributed by atoms with E-state index in [-0.39, 0.29) is 28.5 Å². The van der Waals surface area contributed by atoms with Gasteiger partial charge in [0.15, 0.2) is 6.61 Å². The van der Waals surface area contributed by atoms with Crippen LogP contribution in [0.15, 0.2) is 48.5 Å². The summed E-state index contributed by atoms with van der Waals surface area (Å²) >= 11 is 0. The first kappa shape index (κ1) is 25.1. The minimum atomic E-state index is -0.748. The highest BCUT2D eigenvalue weighted by Gasteiger charge is 2.37. The number of ether oxygens (including phenoxy) is 2. The molecule has 1 unspecified atom stereocenters. The molecule has 0 saturated carbocycles. The van der Waals surface area contributed by atoms with Crippen molar-refractivity contribution in [1.82, 2.24) is 4.57 Å². The van der Waals surface area contributed by atoms with Crippen LogP contribution in [0.5, 0.6) is 0 Å². The zero-order valence-corrected chi connectivity index (χ0v) is 21.0. The zero-order chi connectivity index (χ0) is 26.1. The summed E-state index contributed by atoms with van der Waals surface area (Å²) in [5.41, 5.74) is 3.87. The van der Waals surface area contributed by atoms with Gasteiger partial charge >= 0.3 is 5.97 Å². The van der Waals surface area contributed by atoms with Gasteiger partial charge in [-0.1, -0.05) is 18.2 Å². The summed E-state index contributed by atoms with van der Waals surface area (Å²) in [6.45, 7) is 7.62. The Bertz CT molecular complexity index is 1390. The van der Waals surface area contributed by atoms with Gasteiger partial charge in [0.25, 0.3) is 11.8 Å². The average Bonchev–Trinajstić information content (AvgIpc) is 3.29. The summed E-state index contributed by atoms with van der Waals surface area (Å²) in [5, 5.41) is 0. The molecule has 0 fully saturated rings. The molecule has 1 atom stereocenters. The van der Waals surface area contributed by atoms with Crippen molar-refractivity contribution in [2.24, 2.45) is 0 Å². The number of benzene rings is 2. The Labute approximate surface area is 209 Å². The molecule has 8 nitrogen and oxygen atoms in total. The fourth-order valence-electron chi connectivity index (χ4n) is 4.75. The summed E-state index contributed by atoms with van der Waals surface area (Å²) in [5.74, 6) is -2.03. The number of ketones is 1. The molecule has 186 valence electrons. The number of imide groups is 1. The number of aromatic nitrogens is 1. The van der Waals surface area contributed by atoms with E-state index in [0.29, 0.717) is 17.9 Å². The smallest absolute Gasteiger partial charge is 0.338 e. The zero-order valence-electron chi connectivity index (χ0n) is 21.0. The molecule has 0 N–H and O–H groups in total. The third-order valence-electron chi connectivity index (χ3n) is 6.45. The highest BCUT2D eigenvalue weighted by molar-refractivity contribution is 6.35. The van der Waals surface area contributed by atoms with Gasteiger partial charge in [0, 0.05) is 24.1 Å². The molecule has 0 saturated heterocycles. The lowest BCUT2D eigenvalue weighted by Gasteiger charge is -2.17. The average molecular weight is 489 g/mol. The van der Waals surface area contributed by atoms with Gasteiger partial charge in [-0.2, -0.15) is 0 Å². The number of para-hydroxylation sites is 1. The van der Waals surface area contributed by atoms with Gasteiger partial charge < -0.3 is 14.0 Å². The molecule has 4 rings (SSSR count). The Balaban J connectivity index is 1.49. The highest BCUT2D eigenvalue weighted by atomic mass is 16.5. The number of nitrogens with zero attached hydrogens (tertiary/aromatic N) is 2. The van der Waals surface area contributed by atoms with Crippen LogP contribution in [0, 0.1) is 20.8 Å². The Morgan fingerprint density at radius 3 is 2.33 bits per heavy atom. The predicted octanol–water partition coefficient (Wildman–Crippen LogP) is 4.46. The second-order valence-electron chi connectivity index (χ2n) is 8.95. The number of carbonyl (C=O) groups is 4. The van der Waals surface area contributed by atoms with Crippen molar-refractivity contribution >= 4 is 29.3 Å². The minimum absolute atomic E-state index is 0.0463. The molecule has 0 radical (unpaired) electrons. The van der Waals surface area contributed by atoms with Crippen LogP contribution < -0.4 is 4.90 Å². The van der Waals surface area contributed by atoms with Crippen LogP contribution in [0.3, 0.4) is 0 Å². The SMILES string of the molecule is COCC(C)n1c(C)cc(C(=O)COC(=O)c2ccc3c(c2)C(=O)N(c2ccccc2C)C3=O)c1C. The quantitative estimate of drug-likeness (QED) is 0.264. The lowest BCUT2D eigenvalue weighted by molar-refractivity contribution is 0.0474. The summed E-state index contributed by atoms with van der Waals surface area (Å²) in [7, 11) is 1.62. The predicted molar refractivity (Wildman–Crippen MR) is 134 cm³/mol. The maximum atomic E-state index is 13.0. The molecule has 0 bridgehead atoms. The lowest BCUT2D eigenvalue weighted by atomic mass is 10.1. The van der Waals surface area contributed by atoms with E-state index in [9.17, 15) is 19.2 Å². The molecule has 2 amide bonds. The van der Waals surface area contributed by atoms with E-state index < -0.39 is 24.4 Å². The maximum Gasteiger partial charge on any atom is 0.338 e. The standard InChI is InChI=1S/C28H28N2O6/c1-16-8-6-7-9-24(16)30-26(32)21-11-10-20(13-23(21)27(30)33)28(34)36-15-25(31)22-12-17(2)29(19(22)4)18(3)14-35-5/h6-13,18H,14-15H2,1-5H3. The molecule has 36 heavy (non-hydrogen) atoms. The van der Waals surface area contributed by atoms with Crippen LogP contribution in [0.4, 0.5) is 5.69 Å². The molecular formula is C28H28N2O6. The number of rotatable bonds is 8. The normalized spacial score (nSPS) is 13.6. The number of anilines is 1. The number of fused-ring (bicyclic) bond motifs is 1. The maximum absolute atomic E-state index is 13.0. The Hall–Kier alpha value is -4.04. The molecular weight excluding hydrogens is 460 g/mol. The van der Waals surface area contributed by atoms with Gasteiger partial charge in [0.1, 0.15) is 0 Å². The molecule has 0 spiro atoms. The number of carbonyl (C=O) groups excluding carboxylic acids is 4. The van der Waals surface area contributed by atoms with Gasteiger partial charge in [-0.3, -0.25) is 14.4 Å². The first-order valence-electron chi connectivity index (χ1n) is 11.6. The Kier molecular flexibility index (Phi) is 6.90. The van der Waals surface area contributed by atoms with Crippen molar-refractivity contribution in [2.45, 2.75) is 33.7 Å². The number of hydrogen-bond acceptors (Lipinski definition) is 6. The molecule has 2 aromatic carbocycles. The Morgan fingerprint density at radius 1 is 0.944 bits per heavy atom. The van der Waals surface area contributed by atoms with E-state index in [1.54, 1.807) is 25.3 Å². The molecule has 3 aromatic rings. The summed E-state index contributed by atoms with van der Waals surface area (Å²) < 4.78 is 12.5. The highest BCUT2D eigenvalue weighted by Crippen LogP contribution is 2.31. The number of amides is 2. The lowest BCUT2D eigenvalue weighted by Crippen LogP contribution is -2.29. The van der Waals surface area contributed by atoms with E-state index in [2.05, 4.69) is 0 Å². The van der Waals surface area contributed by atoms with Crippen LogP contribution >= 0.6 is 0 Å². The van der Waals surface area contributed by atoms with E-state index in [1.807, 2.05) is 44.4 Å². The number of esters is 1. The van der Waals surface area contributed by atoms with Gasteiger partial charge in [0.2, 0.25) is 5.78 Å². The Morgan fingerprint density at radius 2 is 1.64 bits per heavy atom. The molecule has 8 heteroatoms. The van der Waals surface area contributed by atoms with Gasteiger partial charge in [-0.15, -0.1) is 0 Å². The second kappa shape index (κ2) is 9.91. The number of hydrogen-bond donors (Lipinski definition) is 0. The van der Waals surface area contributed by atoms with Gasteiger partial charge in [0.05, 0.1) is 35.0 Å². The number of aryl methyl sites for hydroxylation is 2. The van der Waals surface area contributed by atoms with Crippen molar-refractivity contribution in [3.05, 3.63) is 87.7 Å². The van der Waals surface area contributed by atoms with Crippen LogP contribution in [0.1, 0.15) is 71.3 Å². The first-order chi connectivity index (χ1) is 17.1. The van der Waals surface area contributed by atoms with Crippen molar-refractivity contribution in [2.75, 3.05) is 25.2 Å². The van der Waals surface area contributed by atoms with Crippen LogP contribution in [0.2, 0.25) is 0 Å². The minimum Gasteiger partial charge on any atom is -0.454 e. The third-order valence-corrected chi connectivity index (χ3v) is 6.45. The van der Waals surface area contributed by atoms with Crippen LogP contribution in [-0.2, 0) is 9.47 Å². The molecule has 1 aliphatic heterocycles. The fraction of sp³-hybridized carbons (Fsp3) is 0.286. The molecule has 1 aliphatic rings. The largest absolute Gasteiger partial charge is 0.454 e. The van der Waals surface area contributed by atoms with Gasteiger partial charge in [-0.05, 0) is 63.6 Å². The number of methoxy groups -OCH3 is 1. The van der Waals surface area contributed by atoms with Crippen molar-refractivity contribution in [1.29, 1.82) is 0 Å². The summed E-state index contributed by atoms with van der Waals surface area (Å²) in [4.78, 5) is 52.6. The van der Waals surface area contributed by atoms with E-state index in [4.69, 9.17) is 9.47 Å². The van der Waals surface area contributed by atoms with Crippen molar-refractivity contribution in [3.63, 3.8) is 0 Å². The van der Waals surface area contributed by atoms with E-state index in [1.165, 1.54) is 18.2 Å². The number of Topliss-reactive ketones (excluding diaryl/α,β-unsaturated/α-hetero) is 1. The fourth-order valence-corrected chi connectivity index (χ4v) is 4.75. The first-order valence-corrected chi connectivity index (χ1v) is 11.6. The monoisotopic (exact) mass is 488 g/mol. The van der Waals surface area contributed by atoms with Crippen LogP contribution in [0.25, 0.3) is 0 Å². The van der Waals surface area contributed by atoms with Crippen LogP contribution in [-0.4, -0.2) is 48.5 Å². The van der Waals surface area contributed by atoms with E-state index in [0.717, 1.165) is 21.9 Å². The summed E-state index contributed by atoms with van der Waals surface area (Å²) in [6.07, 6.45) is 0. The second-order valence-corrected chi connectivity index (χ2v) is 8.95. The summed E-state index contributed by atoms with van der Waals surface area (Å²) in [6, 6.07) is 13.1. The third kappa shape index (κ3) is 4.35. The molecule has 2 heterocycles. The molecule has 0 aliphatic carbocycles. The van der Waals surface area contributed by atoms with Gasteiger partial charge in [-0.25, -0.2) is 9.69 Å². The van der Waals surface area contributed by atoms with E-state index >= 15 is 0 Å². The van der Waals surface area contributed by atoms with Crippen molar-refractivity contribution < 1.29 is 28.7 Å². The topological polar surface area (TPSA) is 94.9 Å². The van der Waals surface area contributed by atoms with Crippen molar-refractivity contribution in [3.8, 4) is 0 Å². The molecule has 1 aromatic heterocycles.